The quantitative estimate of drug-likeness (QED) is 0.172. The van der Waals surface area contributed by atoms with Crippen LogP contribution in [0.25, 0.3) is 34.0 Å². The minimum atomic E-state index is 0.0399. The van der Waals surface area contributed by atoms with E-state index in [1.807, 2.05) is 0 Å². The summed E-state index contributed by atoms with van der Waals surface area (Å²) in [6.45, 7) is 27.0. The number of hydrogen-bond acceptors (Lipinski definition) is 3. The second kappa shape index (κ2) is 20.6. The molecule has 0 aliphatic carbocycles. The van der Waals surface area contributed by atoms with Gasteiger partial charge in [-0.05, 0) is 166 Å². The fraction of sp³-hybridized carbons (Fsp3) is 0.254. The Bertz CT molecular complexity index is 3030. The third-order valence-corrected chi connectivity index (χ3v) is 12.9. The molecule has 362 valence electrons. The van der Waals surface area contributed by atoms with Crippen LogP contribution in [0.3, 0.4) is 0 Å². The zero-order valence-corrected chi connectivity index (χ0v) is 44.3. The van der Waals surface area contributed by atoms with Gasteiger partial charge in [0.2, 0.25) is 0 Å². The molecule has 1 aromatic heterocycles. The topological polar surface area (TPSA) is 14.7 Å². The van der Waals surface area contributed by atoms with Gasteiger partial charge in [0.05, 0.1) is 0 Å². The van der Waals surface area contributed by atoms with Gasteiger partial charge in [-0.15, -0.1) is 0 Å². The summed E-state index contributed by atoms with van der Waals surface area (Å²) >= 11 is 0. The van der Waals surface area contributed by atoms with Gasteiger partial charge in [0, 0.05) is 84.5 Å². The minimum Gasteiger partial charge on any atom is -0.336 e. The van der Waals surface area contributed by atoms with E-state index < -0.39 is 0 Å². The first kappa shape index (κ1) is 50.1. The van der Waals surface area contributed by atoms with Crippen LogP contribution in [0.4, 0.5) is 34.1 Å². The molecule has 2 aliphatic rings. The standard InChI is InChI=1S/C18H19N.C17H19N.C16H17N.C16H19N/c1-18(2,3)19-16-10-6-4-8-14(16)12-13-15-9-5-7-11-17(15)19;1-17(2,3)18-15-10-6-4-8-13(15)12-14-9-5-7-11-16(14)18;1-16(2,3)17-14-10-6-4-8-12(14)13-9-5-7-11-15(13)17;1-16(2,3)17(14-10-6-4-7-11-14)15-12-8-5-9-13-15/h4-13H,1-3H3;4-11H,12H2,1-3H3;4-11H,1-3H3;4-13H,1-3H3. The summed E-state index contributed by atoms with van der Waals surface area (Å²) in [6.07, 6.45) is 5.46. The van der Waals surface area contributed by atoms with Crippen molar-refractivity contribution >= 4 is 68.1 Å². The van der Waals surface area contributed by atoms with Crippen LogP contribution in [0.15, 0.2) is 206 Å². The number of aromatic nitrogens is 1. The van der Waals surface area contributed by atoms with Crippen molar-refractivity contribution in [3.05, 3.63) is 229 Å². The molecule has 0 radical (unpaired) electrons. The third kappa shape index (κ3) is 11.2. The number of anilines is 6. The van der Waals surface area contributed by atoms with Crippen LogP contribution < -0.4 is 14.7 Å². The van der Waals surface area contributed by atoms with E-state index in [9.17, 15) is 0 Å². The summed E-state index contributed by atoms with van der Waals surface area (Å²) in [5.41, 5.74) is 16.0. The summed E-state index contributed by atoms with van der Waals surface area (Å²) < 4.78 is 2.43. The Morgan fingerprint density at radius 2 is 0.648 bits per heavy atom. The lowest BCUT2D eigenvalue weighted by molar-refractivity contribution is 0.423. The summed E-state index contributed by atoms with van der Waals surface area (Å²) in [4.78, 5) is 7.24. The van der Waals surface area contributed by atoms with E-state index in [4.69, 9.17) is 0 Å². The molecule has 11 rings (SSSR count). The van der Waals surface area contributed by atoms with Gasteiger partial charge in [0.1, 0.15) is 0 Å². The smallest absolute Gasteiger partial charge is 0.0496 e. The van der Waals surface area contributed by atoms with Gasteiger partial charge in [0.15, 0.2) is 0 Å². The first-order valence-corrected chi connectivity index (χ1v) is 25.3. The van der Waals surface area contributed by atoms with Gasteiger partial charge in [-0.3, -0.25) is 0 Å². The normalized spacial score (nSPS) is 12.9. The van der Waals surface area contributed by atoms with E-state index >= 15 is 0 Å². The molecule has 4 nitrogen and oxygen atoms in total. The van der Waals surface area contributed by atoms with Gasteiger partial charge in [0.25, 0.3) is 0 Å². The summed E-state index contributed by atoms with van der Waals surface area (Å²) in [5, 5.41) is 2.69. The van der Waals surface area contributed by atoms with Gasteiger partial charge >= 0.3 is 0 Å². The second-order valence-corrected chi connectivity index (χ2v) is 22.6. The molecular formula is C67H74N4. The average Bonchev–Trinajstić information content (AvgIpc) is 3.58. The molecule has 0 unspecified atom stereocenters. The third-order valence-electron chi connectivity index (χ3n) is 12.9. The van der Waals surface area contributed by atoms with E-state index in [1.165, 1.54) is 78.2 Å². The number of fused-ring (bicyclic) bond motifs is 7. The average molecular weight is 935 g/mol. The van der Waals surface area contributed by atoms with Crippen molar-refractivity contribution in [3.8, 4) is 0 Å². The van der Waals surface area contributed by atoms with E-state index in [-0.39, 0.29) is 22.2 Å². The fourth-order valence-corrected chi connectivity index (χ4v) is 10.2. The first-order valence-electron chi connectivity index (χ1n) is 25.3. The van der Waals surface area contributed by atoms with Gasteiger partial charge in [-0.1, -0.05) is 158 Å². The lowest BCUT2D eigenvalue weighted by Gasteiger charge is -2.42. The predicted molar refractivity (Wildman–Crippen MR) is 311 cm³/mol. The van der Waals surface area contributed by atoms with Crippen LogP contribution in [-0.4, -0.2) is 21.2 Å². The Labute approximate surface area is 425 Å². The number of hydrogen-bond donors (Lipinski definition) is 0. The Balaban J connectivity index is 0.000000127. The van der Waals surface area contributed by atoms with Crippen LogP contribution in [0.1, 0.15) is 105 Å². The number of benzene rings is 8. The highest BCUT2D eigenvalue weighted by Gasteiger charge is 2.31. The molecule has 0 saturated carbocycles. The molecule has 0 spiro atoms. The molecule has 3 heterocycles. The predicted octanol–water partition coefficient (Wildman–Crippen LogP) is 18.8. The molecule has 0 atom stereocenters. The fourth-order valence-electron chi connectivity index (χ4n) is 10.2. The molecule has 0 fully saturated rings. The van der Waals surface area contributed by atoms with E-state index in [1.54, 1.807) is 0 Å². The summed E-state index contributed by atoms with van der Waals surface area (Å²) in [7, 11) is 0. The van der Waals surface area contributed by atoms with Gasteiger partial charge < -0.3 is 19.3 Å². The van der Waals surface area contributed by atoms with Crippen LogP contribution in [0, 0.1) is 0 Å². The Kier molecular flexibility index (Phi) is 14.5. The largest absolute Gasteiger partial charge is 0.336 e. The van der Waals surface area contributed by atoms with E-state index in [0.29, 0.717) is 0 Å². The van der Waals surface area contributed by atoms with Gasteiger partial charge in [-0.2, -0.15) is 0 Å². The van der Waals surface area contributed by atoms with Crippen molar-refractivity contribution in [3.63, 3.8) is 0 Å². The molecule has 0 amide bonds. The maximum absolute atomic E-state index is 2.46. The maximum atomic E-state index is 2.46. The maximum Gasteiger partial charge on any atom is 0.0496 e. The Morgan fingerprint density at radius 1 is 0.324 bits per heavy atom. The molecule has 0 bridgehead atoms. The van der Waals surface area contributed by atoms with Crippen LogP contribution in [0.2, 0.25) is 0 Å². The number of nitrogens with zero attached hydrogens (tertiary/aromatic N) is 4. The molecule has 71 heavy (non-hydrogen) atoms. The summed E-state index contributed by atoms with van der Waals surface area (Å²) in [6, 6.07) is 73.0. The number of para-hydroxylation sites is 8. The second-order valence-electron chi connectivity index (χ2n) is 22.6. The zero-order chi connectivity index (χ0) is 50.6. The first-order chi connectivity index (χ1) is 33.8. The molecule has 4 heteroatoms. The molecule has 8 aromatic carbocycles. The SMILES string of the molecule is CC(C)(C)N(c1ccccc1)c1ccccc1.CC(C)(C)N1c2ccccc2C=Cc2ccccc21.CC(C)(C)N1c2ccccc2Cc2ccccc21.CC(C)(C)n1c2ccccc2c2ccccc21. The molecule has 0 saturated heterocycles. The highest BCUT2D eigenvalue weighted by atomic mass is 15.2. The van der Waals surface area contributed by atoms with E-state index in [0.717, 1.165) is 6.42 Å². The number of rotatable bonds is 2. The Morgan fingerprint density at radius 3 is 1.03 bits per heavy atom. The molecule has 2 aliphatic heterocycles. The lowest BCUT2D eigenvalue weighted by Crippen LogP contribution is -2.40. The van der Waals surface area contributed by atoms with Crippen LogP contribution in [0.5, 0.6) is 0 Å². The van der Waals surface area contributed by atoms with Crippen molar-refractivity contribution in [1.82, 2.24) is 4.57 Å². The van der Waals surface area contributed by atoms with E-state index in [2.05, 4.69) is 321 Å². The van der Waals surface area contributed by atoms with Gasteiger partial charge in [-0.25, -0.2) is 0 Å². The highest BCUT2D eigenvalue weighted by molar-refractivity contribution is 6.08. The summed E-state index contributed by atoms with van der Waals surface area (Å²) in [5.74, 6) is 0. The van der Waals surface area contributed by atoms with Crippen LogP contribution >= 0.6 is 0 Å². The lowest BCUT2D eigenvalue weighted by atomic mass is 9.91. The van der Waals surface area contributed by atoms with Crippen molar-refractivity contribution < 1.29 is 0 Å². The zero-order valence-electron chi connectivity index (χ0n) is 44.3. The van der Waals surface area contributed by atoms with Crippen molar-refractivity contribution in [2.75, 3.05) is 14.7 Å². The van der Waals surface area contributed by atoms with Crippen molar-refractivity contribution in [1.29, 1.82) is 0 Å². The van der Waals surface area contributed by atoms with Crippen molar-refractivity contribution in [2.24, 2.45) is 0 Å². The molecule has 0 N–H and O–H groups in total. The molecule has 9 aromatic rings. The highest BCUT2D eigenvalue weighted by Crippen LogP contribution is 2.44. The monoisotopic (exact) mass is 935 g/mol. The van der Waals surface area contributed by atoms with Crippen LogP contribution in [-0.2, 0) is 12.0 Å². The molecular weight excluding hydrogens is 861 g/mol. The Hall–Kier alpha value is -7.30. The minimum absolute atomic E-state index is 0.0399. The van der Waals surface area contributed by atoms with Crippen molar-refractivity contribution in [2.45, 2.75) is 112 Å².